The second kappa shape index (κ2) is 32.7. The molecule has 0 bridgehead atoms. The highest BCUT2D eigenvalue weighted by Gasteiger charge is 2.42. The number of carbonyl (C=O) groups is 6. The van der Waals surface area contributed by atoms with E-state index >= 15 is 0 Å². The third-order valence-electron chi connectivity index (χ3n) is 15.8. The zero-order valence-corrected chi connectivity index (χ0v) is 51.4. The van der Waals surface area contributed by atoms with E-state index in [1.54, 1.807) is 36.4 Å². The minimum atomic E-state index is -1.07. The Morgan fingerprint density at radius 2 is 0.620 bits per heavy atom. The summed E-state index contributed by atoms with van der Waals surface area (Å²) in [5, 5.41) is 7.99. The molecule has 0 amide bonds. The van der Waals surface area contributed by atoms with Crippen LogP contribution in [0.5, 0.6) is 0 Å². The Hall–Kier alpha value is -6.25. The predicted octanol–water partition coefficient (Wildman–Crippen LogP) is 10.5. The fourth-order valence-corrected chi connectivity index (χ4v) is 16.7. The van der Waals surface area contributed by atoms with Crippen LogP contribution >= 0.6 is 0 Å². The van der Waals surface area contributed by atoms with Crippen molar-refractivity contribution in [3.8, 4) is 0 Å². The van der Waals surface area contributed by atoms with Gasteiger partial charge in [-0.1, -0.05) is 127 Å². The first kappa shape index (κ1) is 62.0. The second-order valence-corrected chi connectivity index (χ2v) is 27.4. The van der Waals surface area contributed by atoms with E-state index in [2.05, 4.69) is 59.8 Å². The molecule has 6 rings (SSSR count). The largest absolute Gasteiger partial charge is 0.550 e. The minimum absolute atomic E-state index is 0.274. The molecule has 18 heteroatoms. The van der Waals surface area contributed by atoms with Gasteiger partial charge in [0.15, 0.2) is 0 Å². The molecule has 0 saturated heterocycles. The summed E-state index contributed by atoms with van der Waals surface area (Å²) in [6, 6.07) is 21.6. The average Bonchev–Trinajstić information content (AvgIpc) is 3.47. The van der Waals surface area contributed by atoms with Crippen LogP contribution in [0.3, 0.4) is 0 Å². The van der Waals surface area contributed by atoms with Gasteiger partial charge in [-0.3, -0.25) is 0 Å². The molecular formula is C61H82O15Si3. The molecule has 0 aliphatic heterocycles. The van der Waals surface area contributed by atoms with Crippen LogP contribution in [0, 0.1) is 23.7 Å². The van der Waals surface area contributed by atoms with E-state index in [4.69, 9.17) is 43.5 Å². The number of ether oxygens (including phenoxy) is 3. The zero-order chi connectivity index (χ0) is 56.5. The number of rotatable bonds is 21. The molecule has 3 aromatic carbocycles. The maximum atomic E-state index is 12.8. The van der Waals surface area contributed by atoms with Gasteiger partial charge in [0, 0.05) is 0 Å². The van der Waals surface area contributed by atoms with Crippen LogP contribution in [-0.4, -0.2) is 83.2 Å². The van der Waals surface area contributed by atoms with Crippen molar-refractivity contribution in [3.05, 3.63) is 123 Å². The molecule has 0 heterocycles. The van der Waals surface area contributed by atoms with Gasteiger partial charge in [-0.05, 0) is 176 Å². The number of allylic oxidation sites excluding steroid dienone is 6. The zero-order valence-electron chi connectivity index (χ0n) is 47.2. The summed E-state index contributed by atoms with van der Waals surface area (Å²) < 4.78 is 16.9. The molecular weight excluding hydrogens is 1060 g/mol. The van der Waals surface area contributed by atoms with Crippen molar-refractivity contribution in [2.24, 2.45) is 23.7 Å². The summed E-state index contributed by atoms with van der Waals surface area (Å²) in [6.07, 6.45) is 16.6. The van der Waals surface area contributed by atoms with Crippen LogP contribution in [0.4, 0.5) is 14.4 Å². The molecule has 0 spiro atoms. The quantitative estimate of drug-likeness (QED) is 0.0322. The van der Waals surface area contributed by atoms with Gasteiger partial charge in [0.1, 0.15) is 18.3 Å². The van der Waals surface area contributed by atoms with Crippen molar-refractivity contribution >= 4 is 80.5 Å². The molecule has 0 aromatic heterocycles. The lowest BCUT2D eigenvalue weighted by Gasteiger charge is -2.45. The normalized spacial score (nSPS) is 21.6. The van der Waals surface area contributed by atoms with E-state index in [9.17, 15) is 28.8 Å². The Kier molecular flexibility index (Phi) is 25.7. The molecule has 3 fully saturated rings. The Balaban J connectivity index is 0.989. The maximum Gasteiger partial charge on any atom is 0.550 e. The highest BCUT2D eigenvalue weighted by Crippen LogP contribution is 2.48. The van der Waals surface area contributed by atoms with Crippen LogP contribution in [-0.2, 0) is 43.5 Å². The third-order valence-corrected chi connectivity index (χ3v) is 22.2. The number of benzene rings is 3. The summed E-state index contributed by atoms with van der Waals surface area (Å²) in [6.45, 7) is 12.8. The summed E-state index contributed by atoms with van der Waals surface area (Å²) in [5.74, 6) is -1.19. The summed E-state index contributed by atoms with van der Waals surface area (Å²) in [7, 11) is -1.85. The molecule has 0 N–H and O–H groups in total. The Bertz CT molecular complexity index is 2260. The number of carbonyl (C=O) groups excluding carboxylic acids is 6. The molecule has 3 aromatic rings. The Labute approximate surface area is 473 Å². The first-order chi connectivity index (χ1) is 38.3. The van der Waals surface area contributed by atoms with Crippen LogP contribution in [0.15, 0.2) is 107 Å². The standard InChI is InChI=1S/C61H82O15Si3/c1-7-13-49(10-4)77-52-34-22-43(23-35-52)56(62)71-74-59(65)68-46-28-16-40(17-29-46)55(41-18-30-47(31-19-41)69-60(66)75-72-57(63)44-24-36-53(37-25-44)78-50(11-5)14-8-2)42-20-32-48(33-21-42)70-61(67)76-73-58(64)45-26-38-54(39-27-45)79-51(12-6)15-9-3/h13-15,22-27,34-42,46-48,55H,7-12,16-21,28-33,77-79H2,1-6H3/b49-13+,50-14+,51-15+. The molecule has 0 atom stereocenters. The molecule has 0 unspecified atom stereocenters. The van der Waals surface area contributed by atoms with E-state index in [0.717, 1.165) is 77.0 Å². The second-order valence-electron chi connectivity index (χ2n) is 21.1. The first-order valence-electron chi connectivity index (χ1n) is 28.9. The fraction of sp³-hybridized carbons (Fsp3) is 0.508. The number of hydrogen-bond acceptors (Lipinski definition) is 15. The van der Waals surface area contributed by atoms with Crippen molar-refractivity contribution < 1.29 is 72.3 Å². The first-order valence-corrected chi connectivity index (χ1v) is 33.1. The number of hydrogen-bond donors (Lipinski definition) is 0. The fourth-order valence-electron chi connectivity index (χ4n) is 11.7. The molecule has 0 radical (unpaired) electrons. The van der Waals surface area contributed by atoms with Gasteiger partial charge in [0.05, 0.1) is 45.2 Å². The summed E-state index contributed by atoms with van der Waals surface area (Å²) in [5.41, 5.74) is 0.823. The average molecular weight is 1140 g/mol. The van der Waals surface area contributed by atoms with Gasteiger partial charge in [0.2, 0.25) is 0 Å². The van der Waals surface area contributed by atoms with E-state index in [-0.39, 0.29) is 22.6 Å². The van der Waals surface area contributed by atoms with Crippen molar-refractivity contribution in [1.82, 2.24) is 0 Å². The van der Waals surface area contributed by atoms with Gasteiger partial charge in [-0.15, -0.1) is 0 Å². The van der Waals surface area contributed by atoms with Gasteiger partial charge in [-0.2, -0.15) is 14.4 Å². The third kappa shape index (κ3) is 20.1. The van der Waals surface area contributed by atoms with Gasteiger partial charge < -0.3 is 14.2 Å². The smallest absolute Gasteiger partial charge is 0.428 e. The Morgan fingerprint density at radius 1 is 0.380 bits per heavy atom. The highest BCUT2D eigenvalue weighted by atomic mass is 28.2. The van der Waals surface area contributed by atoms with Crippen molar-refractivity contribution in [2.45, 2.75) is 175 Å². The van der Waals surface area contributed by atoms with Crippen molar-refractivity contribution in [2.75, 3.05) is 0 Å². The highest BCUT2D eigenvalue weighted by molar-refractivity contribution is 6.61. The molecule has 428 valence electrons. The SMILES string of the molecule is CC/C=C(\CC)[SiH2]c1ccc(C(=O)OOC(=O)OC2CCC(C(C3CCC(OC(=O)OOC(=O)c4ccc([SiH2]/C(=C/CC)CC)cc4)CC3)C3CCC(OC(=O)OOC(=O)c4ccc([SiH2]/C(=C/CC)CC)cc4)CC3)CC2)cc1. The Morgan fingerprint density at radius 3 is 0.835 bits per heavy atom. The van der Waals surface area contributed by atoms with Crippen molar-refractivity contribution in [1.29, 1.82) is 0 Å². The minimum Gasteiger partial charge on any atom is -0.428 e. The molecule has 15 nitrogen and oxygen atoms in total. The van der Waals surface area contributed by atoms with Crippen LogP contribution in [0.25, 0.3) is 0 Å². The summed E-state index contributed by atoms with van der Waals surface area (Å²) >= 11 is 0. The molecule has 3 saturated carbocycles. The van der Waals surface area contributed by atoms with E-state index < -0.39 is 83.2 Å². The van der Waals surface area contributed by atoms with Crippen LogP contribution in [0.1, 0.15) is 188 Å². The lowest BCUT2D eigenvalue weighted by atomic mass is 9.61. The van der Waals surface area contributed by atoms with Gasteiger partial charge >= 0.3 is 36.4 Å². The maximum absolute atomic E-state index is 12.8. The predicted molar refractivity (Wildman–Crippen MR) is 310 cm³/mol. The van der Waals surface area contributed by atoms with E-state index in [1.807, 2.05) is 36.4 Å². The topological polar surface area (TPSA) is 185 Å². The van der Waals surface area contributed by atoms with Gasteiger partial charge in [-0.25, -0.2) is 43.7 Å². The lowest BCUT2D eigenvalue weighted by molar-refractivity contribution is -0.209. The van der Waals surface area contributed by atoms with Crippen LogP contribution in [0.2, 0.25) is 0 Å². The molecule has 3 aliphatic rings. The van der Waals surface area contributed by atoms with Crippen LogP contribution < -0.4 is 15.6 Å². The summed E-state index contributed by atoms with van der Waals surface area (Å²) in [4.78, 5) is 106. The lowest BCUT2D eigenvalue weighted by Crippen LogP contribution is -2.39. The van der Waals surface area contributed by atoms with Crippen molar-refractivity contribution in [3.63, 3.8) is 0 Å². The van der Waals surface area contributed by atoms with Gasteiger partial charge in [0.25, 0.3) is 0 Å². The van der Waals surface area contributed by atoms with E-state index in [0.29, 0.717) is 56.3 Å². The molecule has 79 heavy (non-hydrogen) atoms. The monoisotopic (exact) mass is 1140 g/mol. The van der Waals surface area contributed by atoms with E-state index in [1.165, 1.54) is 31.1 Å². The molecule has 3 aliphatic carbocycles.